The van der Waals surface area contributed by atoms with E-state index in [1.807, 2.05) is 13.8 Å². The number of ether oxygens (including phenoxy) is 1. The van der Waals surface area contributed by atoms with Crippen LogP contribution in [-0.4, -0.2) is 35.1 Å². The molecule has 3 aromatic rings. The van der Waals surface area contributed by atoms with Gasteiger partial charge in [0.15, 0.2) is 4.80 Å². The molecule has 10 heteroatoms. The fourth-order valence-electron chi connectivity index (χ4n) is 4.18. The highest BCUT2D eigenvalue weighted by Gasteiger charge is 2.34. The van der Waals surface area contributed by atoms with Crippen LogP contribution in [0.25, 0.3) is 6.08 Å². The van der Waals surface area contributed by atoms with E-state index in [9.17, 15) is 18.4 Å². The summed E-state index contributed by atoms with van der Waals surface area (Å²) in [5, 5.41) is 0.527. The van der Waals surface area contributed by atoms with Crippen molar-refractivity contribution < 1.29 is 18.3 Å². The fraction of sp³-hybridized carbons (Fsp3) is 0.269. The van der Waals surface area contributed by atoms with Crippen LogP contribution in [0.15, 0.2) is 69.6 Å². The van der Waals surface area contributed by atoms with E-state index in [-0.39, 0.29) is 21.7 Å². The molecule has 0 spiro atoms. The number of benzene rings is 2. The Morgan fingerprint density at radius 2 is 1.86 bits per heavy atom. The van der Waals surface area contributed by atoms with Gasteiger partial charge in [-0.05, 0) is 50.6 Å². The Labute approximate surface area is 215 Å². The number of fused-ring (bicyclic) bond motifs is 1. The number of nitrogens with zero attached hydrogens (tertiary/aromatic N) is 3. The molecule has 4 rings (SSSR count). The van der Waals surface area contributed by atoms with E-state index in [2.05, 4.69) is 9.73 Å². The second-order valence-corrected chi connectivity index (χ2v) is 9.47. The van der Waals surface area contributed by atoms with Gasteiger partial charge in [-0.3, -0.25) is 14.2 Å². The van der Waals surface area contributed by atoms with E-state index in [1.54, 1.807) is 54.3 Å². The molecule has 0 unspecified atom stereocenters. The summed E-state index contributed by atoms with van der Waals surface area (Å²) < 4.78 is 32.2. The molecular formula is C26H24ClF2N3O3S. The summed E-state index contributed by atoms with van der Waals surface area (Å²) >= 11 is 7.23. The number of halogens is 3. The predicted octanol–water partition coefficient (Wildman–Crippen LogP) is 4.36. The average molecular weight is 532 g/mol. The quantitative estimate of drug-likeness (QED) is 0.455. The number of thiazole rings is 1. The van der Waals surface area contributed by atoms with Crippen molar-refractivity contribution in [3.05, 3.63) is 95.6 Å². The first-order valence-electron chi connectivity index (χ1n) is 11.4. The molecule has 0 bridgehead atoms. The third-order valence-corrected chi connectivity index (χ3v) is 7.15. The Morgan fingerprint density at radius 1 is 1.19 bits per heavy atom. The van der Waals surface area contributed by atoms with E-state index in [4.69, 9.17) is 11.6 Å². The maximum absolute atomic E-state index is 13.7. The summed E-state index contributed by atoms with van der Waals surface area (Å²) in [7, 11) is 0. The fourth-order valence-corrected chi connectivity index (χ4v) is 5.34. The van der Waals surface area contributed by atoms with Crippen LogP contribution in [-0.2, 0) is 4.79 Å². The number of para-hydroxylation sites is 1. The van der Waals surface area contributed by atoms with Crippen molar-refractivity contribution >= 4 is 34.9 Å². The highest BCUT2D eigenvalue weighted by atomic mass is 35.5. The minimum Gasteiger partial charge on any atom is -0.434 e. The normalized spacial score (nSPS) is 15.6. The molecule has 0 saturated heterocycles. The van der Waals surface area contributed by atoms with Gasteiger partial charge in [0.05, 0.1) is 21.8 Å². The van der Waals surface area contributed by atoms with E-state index in [1.165, 1.54) is 16.7 Å². The van der Waals surface area contributed by atoms with Crippen molar-refractivity contribution in [3.8, 4) is 5.75 Å². The van der Waals surface area contributed by atoms with Gasteiger partial charge in [0.1, 0.15) is 5.75 Å². The number of aromatic nitrogens is 1. The first kappa shape index (κ1) is 25.8. The number of carbonyl (C=O) groups is 1. The largest absolute Gasteiger partial charge is 0.434 e. The predicted molar refractivity (Wildman–Crippen MR) is 136 cm³/mol. The maximum atomic E-state index is 13.7. The molecule has 36 heavy (non-hydrogen) atoms. The lowest BCUT2D eigenvalue weighted by molar-refractivity contribution is -0.127. The third-order valence-electron chi connectivity index (χ3n) is 5.91. The standard InChI is InChI=1S/C26H24ClF2N3O3S/c1-4-31(5-2)24(34)21-15(3)30-26-32(22(21)16-10-12-18(27)13-11-16)23(33)20(36-26)14-17-8-6-7-9-19(17)35-25(28)29/h6-14,22,25H,4-5H2,1-3H3/b20-14-/t22-/m0/s1. The SMILES string of the molecule is CCN(CC)C(=O)C1=C(C)N=c2s/c(=C\c3ccccc3OC(F)F)c(=O)n2[C@H]1c1ccc(Cl)cc1. The summed E-state index contributed by atoms with van der Waals surface area (Å²) in [5.41, 5.74) is 1.57. The van der Waals surface area contributed by atoms with Gasteiger partial charge in [-0.1, -0.05) is 53.3 Å². The van der Waals surface area contributed by atoms with E-state index < -0.39 is 12.7 Å². The number of amides is 1. The van der Waals surface area contributed by atoms with Gasteiger partial charge in [0.2, 0.25) is 0 Å². The molecule has 1 amide bonds. The first-order valence-corrected chi connectivity index (χ1v) is 12.6. The molecule has 0 fully saturated rings. The van der Waals surface area contributed by atoms with E-state index in [0.29, 0.717) is 45.3 Å². The molecule has 2 aromatic carbocycles. The van der Waals surface area contributed by atoms with Crippen LogP contribution in [0, 0.1) is 0 Å². The smallest absolute Gasteiger partial charge is 0.387 e. The molecule has 0 N–H and O–H groups in total. The van der Waals surface area contributed by atoms with Crippen molar-refractivity contribution in [2.45, 2.75) is 33.4 Å². The molecule has 1 aromatic heterocycles. The molecule has 1 aliphatic rings. The van der Waals surface area contributed by atoms with Crippen molar-refractivity contribution in [3.63, 3.8) is 0 Å². The van der Waals surface area contributed by atoms with Crippen LogP contribution < -0.4 is 19.6 Å². The van der Waals surface area contributed by atoms with Gasteiger partial charge in [0.25, 0.3) is 11.5 Å². The Morgan fingerprint density at radius 3 is 2.50 bits per heavy atom. The zero-order chi connectivity index (χ0) is 26.0. The lowest BCUT2D eigenvalue weighted by Gasteiger charge is -2.29. The molecule has 6 nitrogen and oxygen atoms in total. The summed E-state index contributed by atoms with van der Waals surface area (Å²) in [6.45, 7) is 3.55. The van der Waals surface area contributed by atoms with Gasteiger partial charge in [0, 0.05) is 23.7 Å². The third kappa shape index (κ3) is 4.99. The summed E-state index contributed by atoms with van der Waals surface area (Å²) in [5.74, 6) is -0.243. The van der Waals surface area contributed by atoms with Crippen LogP contribution in [0.2, 0.25) is 5.02 Å². The highest BCUT2D eigenvalue weighted by Crippen LogP contribution is 2.32. The van der Waals surface area contributed by atoms with Crippen LogP contribution >= 0.6 is 22.9 Å². The lowest BCUT2D eigenvalue weighted by Crippen LogP contribution is -2.43. The summed E-state index contributed by atoms with van der Waals surface area (Å²) in [6.07, 6.45) is 1.51. The lowest BCUT2D eigenvalue weighted by atomic mass is 9.94. The zero-order valence-corrected chi connectivity index (χ0v) is 21.4. The average Bonchev–Trinajstić information content (AvgIpc) is 3.14. The minimum absolute atomic E-state index is 0.0406. The summed E-state index contributed by atoms with van der Waals surface area (Å²) in [6, 6.07) is 12.5. The number of rotatable bonds is 7. The monoisotopic (exact) mass is 531 g/mol. The van der Waals surface area contributed by atoms with Crippen molar-refractivity contribution in [1.29, 1.82) is 0 Å². The Bertz CT molecular complexity index is 1490. The molecule has 0 saturated carbocycles. The van der Waals surface area contributed by atoms with Crippen molar-refractivity contribution in [2.75, 3.05) is 13.1 Å². The topological polar surface area (TPSA) is 63.9 Å². The van der Waals surface area contributed by atoms with Gasteiger partial charge < -0.3 is 9.64 Å². The van der Waals surface area contributed by atoms with E-state index >= 15 is 0 Å². The molecule has 0 aliphatic carbocycles. The van der Waals surface area contributed by atoms with Crippen LogP contribution in [0.5, 0.6) is 5.75 Å². The molecule has 1 aliphatic heterocycles. The number of allylic oxidation sites excluding steroid dienone is 1. The van der Waals surface area contributed by atoms with Crippen molar-refractivity contribution in [2.24, 2.45) is 4.99 Å². The van der Waals surface area contributed by atoms with Gasteiger partial charge in [-0.25, -0.2) is 4.99 Å². The molecule has 188 valence electrons. The molecular weight excluding hydrogens is 508 g/mol. The van der Waals surface area contributed by atoms with Gasteiger partial charge in [-0.15, -0.1) is 0 Å². The van der Waals surface area contributed by atoms with E-state index in [0.717, 1.165) is 11.3 Å². The Kier molecular flexibility index (Phi) is 7.70. The molecule has 2 heterocycles. The Balaban J connectivity index is 1.94. The highest BCUT2D eigenvalue weighted by molar-refractivity contribution is 7.07. The van der Waals surface area contributed by atoms with Crippen molar-refractivity contribution in [1.82, 2.24) is 9.47 Å². The minimum atomic E-state index is -3.00. The molecule has 1 atom stereocenters. The maximum Gasteiger partial charge on any atom is 0.387 e. The number of alkyl halides is 2. The Hall–Kier alpha value is -3.30. The van der Waals surface area contributed by atoms with Gasteiger partial charge >= 0.3 is 6.61 Å². The van der Waals surface area contributed by atoms with Crippen LogP contribution in [0.4, 0.5) is 8.78 Å². The van der Waals surface area contributed by atoms with Crippen LogP contribution in [0.1, 0.15) is 37.9 Å². The zero-order valence-electron chi connectivity index (χ0n) is 19.9. The first-order chi connectivity index (χ1) is 17.2. The number of hydrogen-bond acceptors (Lipinski definition) is 5. The second kappa shape index (κ2) is 10.8. The number of carbonyl (C=O) groups excluding carboxylic acids is 1. The summed E-state index contributed by atoms with van der Waals surface area (Å²) in [4.78, 5) is 34.0. The van der Waals surface area contributed by atoms with Crippen LogP contribution in [0.3, 0.4) is 0 Å². The molecule has 0 radical (unpaired) electrons. The second-order valence-electron chi connectivity index (χ2n) is 8.03. The number of likely N-dealkylation sites (N-methyl/N-ethyl adjacent to an activating group) is 1. The van der Waals surface area contributed by atoms with Gasteiger partial charge in [-0.2, -0.15) is 8.78 Å². The number of hydrogen-bond donors (Lipinski definition) is 0.